The number of sulfonamides is 1. The van der Waals surface area contributed by atoms with Gasteiger partial charge in [-0.25, -0.2) is 17.5 Å². The molecule has 1 aromatic rings. The zero-order chi connectivity index (χ0) is 15.7. The van der Waals surface area contributed by atoms with Crippen LogP contribution in [-0.4, -0.2) is 19.6 Å². The quantitative estimate of drug-likeness (QED) is 0.897. The predicted molar refractivity (Wildman–Crippen MR) is 78.7 cm³/mol. The lowest BCUT2D eigenvalue weighted by Crippen LogP contribution is -2.46. The molecule has 0 radical (unpaired) electrons. The Morgan fingerprint density at radius 2 is 2.10 bits per heavy atom. The molecule has 1 aliphatic carbocycles. The summed E-state index contributed by atoms with van der Waals surface area (Å²) in [6, 6.07) is 3.24. The molecule has 1 aromatic carbocycles. The Hall–Kier alpha value is -0.980. The maximum atomic E-state index is 13.4. The molecule has 0 aliphatic heterocycles. The third-order valence-corrected chi connectivity index (χ3v) is 5.85. The molecule has 1 fully saturated rings. The molecule has 0 saturated heterocycles. The van der Waals surface area contributed by atoms with Gasteiger partial charge in [0.1, 0.15) is 5.82 Å². The van der Waals surface area contributed by atoms with Gasteiger partial charge in [0, 0.05) is 6.04 Å². The van der Waals surface area contributed by atoms with Gasteiger partial charge in [0.15, 0.2) is 0 Å². The monoisotopic (exact) mass is 315 g/mol. The highest BCUT2D eigenvalue weighted by atomic mass is 32.2. The number of nitrogens with one attached hydrogen (secondary N) is 1. The Bertz CT molecular complexity index is 613. The Kier molecular flexibility index (Phi) is 4.70. The number of hydrogen-bond acceptors (Lipinski definition) is 3. The van der Waals surface area contributed by atoms with Crippen molar-refractivity contribution < 1.29 is 17.9 Å². The fraction of sp³-hybridized carbons (Fsp3) is 0.600. The lowest BCUT2D eigenvalue weighted by atomic mass is 9.74. The minimum Gasteiger partial charge on any atom is -0.392 e. The number of benzene rings is 1. The summed E-state index contributed by atoms with van der Waals surface area (Å²) in [7, 11) is -3.85. The van der Waals surface area contributed by atoms with Crippen molar-refractivity contribution in [2.75, 3.05) is 0 Å². The summed E-state index contributed by atoms with van der Waals surface area (Å²) in [6.45, 7) is 3.64. The average Bonchev–Trinajstić information content (AvgIpc) is 2.41. The fourth-order valence-corrected chi connectivity index (χ4v) is 4.56. The minimum atomic E-state index is -3.85. The van der Waals surface area contributed by atoms with Gasteiger partial charge in [0.05, 0.1) is 11.5 Å². The van der Waals surface area contributed by atoms with E-state index in [1.54, 1.807) is 0 Å². The van der Waals surface area contributed by atoms with Gasteiger partial charge in [-0.1, -0.05) is 32.8 Å². The summed E-state index contributed by atoms with van der Waals surface area (Å²) >= 11 is 0. The van der Waals surface area contributed by atoms with Gasteiger partial charge in [-0.2, -0.15) is 0 Å². The highest BCUT2D eigenvalue weighted by molar-refractivity contribution is 7.89. The highest BCUT2D eigenvalue weighted by Gasteiger charge is 2.35. The first-order chi connectivity index (χ1) is 9.76. The van der Waals surface area contributed by atoms with Crippen molar-refractivity contribution in [1.82, 2.24) is 4.72 Å². The zero-order valence-electron chi connectivity index (χ0n) is 12.4. The van der Waals surface area contributed by atoms with Crippen LogP contribution in [0.3, 0.4) is 0 Å². The Labute approximate surface area is 125 Å². The van der Waals surface area contributed by atoms with E-state index < -0.39 is 22.4 Å². The second-order valence-electron chi connectivity index (χ2n) is 6.32. The van der Waals surface area contributed by atoms with Gasteiger partial charge in [-0.3, -0.25) is 0 Å². The van der Waals surface area contributed by atoms with Gasteiger partial charge in [-0.05, 0) is 36.0 Å². The summed E-state index contributed by atoms with van der Waals surface area (Å²) in [4.78, 5) is -0.175. The number of hydrogen-bond donors (Lipinski definition) is 2. The maximum absolute atomic E-state index is 13.4. The molecule has 1 aliphatic rings. The van der Waals surface area contributed by atoms with Gasteiger partial charge in [-0.15, -0.1) is 0 Å². The van der Waals surface area contributed by atoms with E-state index in [0.717, 1.165) is 37.8 Å². The van der Waals surface area contributed by atoms with E-state index in [9.17, 15) is 17.9 Å². The number of rotatable bonds is 4. The van der Waals surface area contributed by atoms with Crippen LogP contribution in [0.25, 0.3) is 0 Å². The van der Waals surface area contributed by atoms with Crippen LogP contribution in [0.15, 0.2) is 23.1 Å². The SMILES string of the molecule is CC1(C)CCCCC1NS(=O)(=O)c1cc(F)ccc1CO. The number of aliphatic hydroxyl groups excluding tert-OH is 1. The average molecular weight is 315 g/mol. The van der Waals surface area contributed by atoms with E-state index in [1.165, 1.54) is 6.07 Å². The van der Waals surface area contributed by atoms with E-state index in [0.29, 0.717) is 0 Å². The van der Waals surface area contributed by atoms with Crippen molar-refractivity contribution in [3.63, 3.8) is 0 Å². The standard InChI is InChI=1S/C15H22FNO3S/c1-15(2)8-4-3-5-14(15)17-21(19,20)13-9-12(16)7-6-11(13)10-18/h6-7,9,14,17-18H,3-5,8,10H2,1-2H3. The van der Waals surface area contributed by atoms with Crippen LogP contribution in [-0.2, 0) is 16.6 Å². The lowest BCUT2D eigenvalue weighted by Gasteiger charge is -2.38. The molecule has 0 spiro atoms. The second-order valence-corrected chi connectivity index (χ2v) is 8.00. The van der Waals surface area contributed by atoms with Crippen LogP contribution in [0.1, 0.15) is 45.1 Å². The zero-order valence-corrected chi connectivity index (χ0v) is 13.2. The molecule has 2 N–H and O–H groups in total. The molecule has 6 heteroatoms. The Balaban J connectivity index is 2.32. The van der Waals surface area contributed by atoms with Crippen LogP contribution < -0.4 is 4.72 Å². The molecule has 118 valence electrons. The van der Waals surface area contributed by atoms with Crippen molar-refractivity contribution >= 4 is 10.0 Å². The smallest absolute Gasteiger partial charge is 0.241 e. The van der Waals surface area contributed by atoms with E-state index in [-0.39, 0.29) is 21.9 Å². The number of aliphatic hydroxyl groups is 1. The van der Waals surface area contributed by atoms with Crippen molar-refractivity contribution in [1.29, 1.82) is 0 Å². The van der Waals surface area contributed by atoms with Crippen molar-refractivity contribution in [2.45, 2.75) is 57.1 Å². The van der Waals surface area contributed by atoms with E-state index in [2.05, 4.69) is 4.72 Å². The second kappa shape index (κ2) is 6.02. The molecule has 0 bridgehead atoms. The molecule has 0 aromatic heterocycles. The molecule has 1 unspecified atom stereocenters. The molecule has 0 amide bonds. The molecule has 1 atom stereocenters. The van der Waals surface area contributed by atoms with Crippen molar-refractivity contribution in [3.05, 3.63) is 29.6 Å². The Morgan fingerprint density at radius 3 is 2.71 bits per heavy atom. The first-order valence-corrected chi connectivity index (χ1v) is 8.66. The predicted octanol–water partition coefficient (Wildman–Crippen LogP) is 2.57. The third-order valence-electron chi connectivity index (χ3n) is 4.29. The van der Waals surface area contributed by atoms with E-state index >= 15 is 0 Å². The van der Waals surface area contributed by atoms with E-state index in [1.807, 2.05) is 13.8 Å². The first kappa shape index (κ1) is 16.4. The maximum Gasteiger partial charge on any atom is 0.241 e. The Morgan fingerprint density at radius 1 is 1.38 bits per heavy atom. The van der Waals surface area contributed by atoms with Crippen LogP contribution >= 0.6 is 0 Å². The summed E-state index contributed by atoms with van der Waals surface area (Å²) in [5.41, 5.74) is 0.0791. The van der Waals surface area contributed by atoms with E-state index in [4.69, 9.17) is 0 Å². The van der Waals surface area contributed by atoms with Crippen molar-refractivity contribution in [3.8, 4) is 0 Å². The van der Waals surface area contributed by atoms with Crippen LogP contribution in [0.2, 0.25) is 0 Å². The molecular formula is C15H22FNO3S. The molecule has 2 rings (SSSR count). The summed E-state index contributed by atoms with van der Waals surface area (Å²) in [6.07, 6.45) is 3.80. The lowest BCUT2D eigenvalue weighted by molar-refractivity contribution is 0.188. The minimum absolute atomic E-state index is 0.127. The fourth-order valence-electron chi connectivity index (χ4n) is 2.87. The number of halogens is 1. The molecule has 0 heterocycles. The van der Waals surface area contributed by atoms with Crippen LogP contribution in [0.5, 0.6) is 0 Å². The molecule has 4 nitrogen and oxygen atoms in total. The topological polar surface area (TPSA) is 66.4 Å². The third kappa shape index (κ3) is 3.62. The molecule has 21 heavy (non-hydrogen) atoms. The van der Waals surface area contributed by atoms with Gasteiger partial charge in [0.25, 0.3) is 0 Å². The molecule has 1 saturated carbocycles. The molecular weight excluding hydrogens is 293 g/mol. The van der Waals surface area contributed by atoms with Crippen LogP contribution in [0, 0.1) is 11.2 Å². The summed E-state index contributed by atoms with van der Waals surface area (Å²) in [5.74, 6) is -0.629. The highest BCUT2D eigenvalue weighted by Crippen LogP contribution is 2.36. The van der Waals surface area contributed by atoms with Gasteiger partial charge >= 0.3 is 0 Å². The summed E-state index contributed by atoms with van der Waals surface area (Å²) in [5, 5.41) is 9.27. The van der Waals surface area contributed by atoms with Gasteiger partial charge < -0.3 is 5.11 Å². The van der Waals surface area contributed by atoms with Crippen LogP contribution in [0.4, 0.5) is 4.39 Å². The summed E-state index contributed by atoms with van der Waals surface area (Å²) < 4.78 is 41.1. The largest absolute Gasteiger partial charge is 0.392 e. The van der Waals surface area contributed by atoms with Crippen molar-refractivity contribution in [2.24, 2.45) is 5.41 Å². The first-order valence-electron chi connectivity index (χ1n) is 7.18. The van der Waals surface area contributed by atoms with Gasteiger partial charge in [0.2, 0.25) is 10.0 Å². The normalized spacial score (nSPS) is 22.2.